The van der Waals surface area contributed by atoms with Crippen molar-refractivity contribution in [1.29, 1.82) is 0 Å². The number of piperidine rings is 1. The monoisotopic (exact) mass is 412 g/mol. The molecule has 4 nitrogen and oxygen atoms in total. The van der Waals surface area contributed by atoms with Gasteiger partial charge in [-0.05, 0) is 55.7 Å². The van der Waals surface area contributed by atoms with Crippen LogP contribution >= 0.6 is 11.8 Å². The molecule has 2 aromatic rings. The number of para-hydroxylation sites is 1. The summed E-state index contributed by atoms with van der Waals surface area (Å²) in [5.41, 5.74) is 1.44. The highest BCUT2D eigenvalue weighted by molar-refractivity contribution is 8.00. The summed E-state index contributed by atoms with van der Waals surface area (Å²) in [7, 11) is 0. The fourth-order valence-electron chi connectivity index (χ4n) is 4.07. The van der Waals surface area contributed by atoms with E-state index in [1.807, 2.05) is 34.9 Å². The van der Waals surface area contributed by atoms with Crippen LogP contribution in [0.4, 0.5) is 10.1 Å². The maximum absolute atomic E-state index is 13.5. The third-order valence-electron chi connectivity index (χ3n) is 5.66. The number of nitrogens with zero attached hydrogens (tertiary/aromatic N) is 2. The number of anilines is 1. The first-order valence-electron chi connectivity index (χ1n) is 10.1. The van der Waals surface area contributed by atoms with Crippen LogP contribution in [0.25, 0.3) is 0 Å². The van der Waals surface area contributed by atoms with Gasteiger partial charge in [-0.25, -0.2) is 4.39 Å². The minimum Gasteiger partial charge on any atom is -0.338 e. The molecule has 1 saturated heterocycles. The summed E-state index contributed by atoms with van der Waals surface area (Å²) < 4.78 is 13.2. The Hall–Kier alpha value is -2.34. The summed E-state index contributed by atoms with van der Waals surface area (Å²) in [5.74, 6) is -0.605. The minimum atomic E-state index is -0.361. The number of hydrogen-bond donors (Lipinski definition) is 0. The molecule has 0 bridgehead atoms. The average molecular weight is 413 g/mol. The molecule has 2 aromatic carbocycles. The minimum absolute atomic E-state index is 0.101. The van der Waals surface area contributed by atoms with Gasteiger partial charge in [0.2, 0.25) is 5.91 Å². The van der Waals surface area contributed by atoms with Crippen LogP contribution in [-0.2, 0) is 4.79 Å². The van der Waals surface area contributed by atoms with Crippen LogP contribution in [-0.4, -0.2) is 41.6 Å². The van der Waals surface area contributed by atoms with Crippen LogP contribution in [0.3, 0.4) is 0 Å². The number of amides is 2. The van der Waals surface area contributed by atoms with Crippen LogP contribution in [0, 0.1) is 11.7 Å². The zero-order chi connectivity index (χ0) is 20.4. The average Bonchev–Trinajstić information content (AvgIpc) is 2.91. The predicted octanol–water partition coefficient (Wildman–Crippen LogP) is 4.60. The van der Waals surface area contributed by atoms with Crippen molar-refractivity contribution in [2.45, 2.75) is 36.3 Å². The predicted molar refractivity (Wildman–Crippen MR) is 114 cm³/mol. The largest absolute Gasteiger partial charge is 0.338 e. The quantitative estimate of drug-likeness (QED) is 0.724. The van der Waals surface area contributed by atoms with Gasteiger partial charge in [-0.15, -0.1) is 11.8 Å². The number of fused-ring (bicyclic) bond motifs is 1. The molecule has 4 rings (SSSR count). The third kappa shape index (κ3) is 4.32. The molecular weight excluding hydrogens is 387 g/mol. The molecule has 29 heavy (non-hydrogen) atoms. The molecule has 2 aliphatic rings. The van der Waals surface area contributed by atoms with Crippen LogP contribution in [0.2, 0.25) is 0 Å². The molecule has 0 radical (unpaired) electrons. The van der Waals surface area contributed by atoms with E-state index in [0.29, 0.717) is 30.4 Å². The van der Waals surface area contributed by atoms with Crippen LogP contribution in [0.15, 0.2) is 53.4 Å². The Morgan fingerprint density at radius 3 is 2.59 bits per heavy atom. The summed E-state index contributed by atoms with van der Waals surface area (Å²) in [6.07, 6.45) is 2.52. The highest BCUT2D eigenvalue weighted by Gasteiger charge is 2.34. The lowest BCUT2D eigenvalue weighted by atomic mass is 9.95. The number of thioether (sulfide) groups is 1. The summed E-state index contributed by atoms with van der Waals surface area (Å²) in [4.78, 5) is 31.1. The molecule has 2 aliphatic heterocycles. The van der Waals surface area contributed by atoms with E-state index in [0.717, 1.165) is 29.8 Å². The summed E-state index contributed by atoms with van der Waals surface area (Å²) in [6, 6.07) is 13.7. The molecule has 2 unspecified atom stereocenters. The fourth-order valence-corrected chi connectivity index (χ4v) is 5.19. The van der Waals surface area contributed by atoms with Gasteiger partial charge in [0.1, 0.15) is 5.82 Å². The van der Waals surface area contributed by atoms with E-state index in [1.165, 1.54) is 24.3 Å². The molecule has 2 atom stereocenters. The van der Waals surface area contributed by atoms with Crippen molar-refractivity contribution in [1.82, 2.24) is 4.90 Å². The summed E-state index contributed by atoms with van der Waals surface area (Å²) >= 11 is 1.82. The van der Waals surface area contributed by atoms with Gasteiger partial charge in [0, 0.05) is 35.3 Å². The van der Waals surface area contributed by atoms with Crippen molar-refractivity contribution in [3.05, 3.63) is 59.9 Å². The van der Waals surface area contributed by atoms with Crippen molar-refractivity contribution >= 4 is 29.3 Å². The van der Waals surface area contributed by atoms with Gasteiger partial charge in [0.15, 0.2) is 0 Å². The number of likely N-dealkylation sites (tertiary alicyclic amines) is 1. The molecular formula is C23H25FN2O2S. The van der Waals surface area contributed by atoms with Gasteiger partial charge in [0.25, 0.3) is 5.91 Å². The molecule has 152 valence electrons. The smallest absolute Gasteiger partial charge is 0.253 e. The van der Waals surface area contributed by atoms with Crippen molar-refractivity contribution in [2.75, 3.05) is 24.5 Å². The number of hydrogen-bond acceptors (Lipinski definition) is 3. The summed E-state index contributed by atoms with van der Waals surface area (Å²) in [6.45, 7) is 3.94. The van der Waals surface area contributed by atoms with E-state index < -0.39 is 0 Å². The number of rotatable bonds is 2. The van der Waals surface area contributed by atoms with Gasteiger partial charge in [0.05, 0.1) is 11.6 Å². The number of halogens is 1. The van der Waals surface area contributed by atoms with Crippen molar-refractivity contribution in [3.8, 4) is 0 Å². The molecule has 2 amide bonds. The van der Waals surface area contributed by atoms with E-state index in [9.17, 15) is 14.0 Å². The lowest BCUT2D eigenvalue weighted by Gasteiger charge is -2.35. The van der Waals surface area contributed by atoms with E-state index >= 15 is 0 Å². The Kier molecular flexibility index (Phi) is 5.90. The topological polar surface area (TPSA) is 40.6 Å². The van der Waals surface area contributed by atoms with Crippen molar-refractivity contribution in [2.24, 2.45) is 5.92 Å². The van der Waals surface area contributed by atoms with Gasteiger partial charge in [-0.1, -0.05) is 19.1 Å². The van der Waals surface area contributed by atoms with Crippen LogP contribution < -0.4 is 4.90 Å². The molecule has 1 fully saturated rings. The first-order chi connectivity index (χ1) is 14.0. The highest BCUT2D eigenvalue weighted by atomic mass is 32.2. The molecule has 6 heteroatoms. The first-order valence-corrected chi connectivity index (χ1v) is 11.0. The molecule has 0 aliphatic carbocycles. The Balaban J connectivity index is 1.52. The van der Waals surface area contributed by atoms with Crippen molar-refractivity contribution in [3.63, 3.8) is 0 Å². The second-order valence-electron chi connectivity index (χ2n) is 7.77. The van der Waals surface area contributed by atoms with Gasteiger partial charge < -0.3 is 9.80 Å². The SMILES string of the molecule is CC1CCN(C(=O)C2CCCN(C(=O)c3ccc(F)cc3)C2)c2ccccc2S1. The lowest BCUT2D eigenvalue weighted by Crippen LogP contribution is -2.47. The van der Waals surface area contributed by atoms with Gasteiger partial charge in [-0.2, -0.15) is 0 Å². The Bertz CT molecular complexity index is 902. The molecule has 0 N–H and O–H groups in total. The second kappa shape index (κ2) is 8.57. The molecule has 0 spiro atoms. The third-order valence-corrected chi connectivity index (χ3v) is 6.90. The van der Waals surface area contributed by atoms with E-state index in [1.54, 1.807) is 4.90 Å². The normalized spacial score (nSPS) is 22.0. The second-order valence-corrected chi connectivity index (χ2v) is 9.25. The fraction of sp³-hybridized carbons (Fsp3) is 0.391. The Morgan fingerprint density at radius 2 is 1.79 bits per heavy atom. The van der Waals surface area contributed by atoms with Crippen LogP contribution in [0.1, 0.15) is 36.5 Å². The van der Waals surface area contributed by atoms with E-state index in [4.69, 9.17) is 0 Å². The van der Waals surface area contributed by atoms with Crippen molar-refractivity contribution < 1.29 is 14.0 Å². The Morgan fingerprint density at radius 1 is 1.03 bits per heavy atom. The van der Waals surface area contributed by atoms with Gasteiger partial charge >= 0.3 is 0 Å². The number of benzene rings is 2. The van der Waals surface area contributed by atoms with E-state index in [2.05, 4.69) is 13.0 Å². The maximum atomic E-state index is 13.5. The van der Waals surface area contributed by atoms with Gasteiger partial charge in [-0.3, -0.25) is 9.59 Å². The van der Waals surface area contributed by atoms with E-state index in [-0.39, 0.29) is 23.5 Å². The number of carbonyl (C=O) groups excluding carboxylic acids is 2. The Labute approximate surface area is 175 Å². The zero-order valence-electron chi connectivity index (χ0n) is 16.5. The standard InChI is InChI=1S/C23H25FN2O2S/c1-16-12-14-26(20-6-2-3-7-21(20)29-16)23(28)18-5-4-13-25(15-18)22(27)17-8-10-19(24)11-9-17/h2-3,6-11,16,18H,4-5,12-15H2,1H3. The molecule has 0 saturated carbocycles. The molecule has 2 heterocycles. The number of carbonyl (C=O) groups is 2. The lowest BCUT2D eigenvalue weighted by molar-refractivity contribution is -0.123. The van der Waals surface area contributed by atoms with Crippen LogP contribution in [0.5, 0.6) is 0 Å². The first kappa shape index (κ1) is 20.0. The summed E-state index contributed by atoms with van der Waals surface area (Å²) in [5, 5.41) is 0.455. The zero-order valence-corrected chi connectivity index (χ0v) is 17.3. The highest BCUT2D eigenvalue weighted by Crippen LogP contribution is 2.38. The maximum Gasteiger partial charge on any atom is 0.253 e. The molecule has 0 aromatic heterocycles.